The summed E-state index contributed by atoms with van der Waals surface area (Å²) in [6.07, 6.45) is 5.45. The van der Waals surface area contributed by atoms with Crippen molar-refractivity contribution >= 4 is 33.1 Å². The van der Waals surface area contributed by atoms with Crippen molar-refractivity contribution in [2.75, 3.05) is 30.9 Å². The van der Waals surface area contributed by atoms with Crippen molar-refractivity contribution in [2.45, 2.75) is 23.8 Å². The number of thiophene rings is 1. The Hall–Kier alpha value is -1.70. The second-order valence-electron chi connectivity index (χ2n) is 6.56. The minimum Gasteiger partial charge on any atom is -0.347 e. The van der Waals surface area contributed by atoms with Crippen molar-refractivity contribution in [3.05, 3.63) is 34.5 Å². The van der Waals surface area contributed by atoms with Crippen LogP contribution < -0.4 is 10.2 Å². The Morgan fingerprint density at radius 3 is 2.60 bits per heavy atom. The fourth-order valence-corrected chi connectivity index (χ4v) is 5.14. The van der Waals surface area contributed by atoms with E-state index >= 15 is 0 Å². The highest BCUT2D eigenvalue weighted by atomic mass is 32.2. The number of sulfone groups is 1. The molecule has 2 aliphatic heterocycles. The lowest BCUT2D eigenvalue weighted by atomic mass is 10.0. The van der Waals surface area contributed by atoms with Crippen LogP contribution in [0.4, 0.5) is 5.69 Å². The third-order valence-corrected chi connectivity index (χ3v) is 6.90. The van der Waals surface area contributed by atoms with Crippen LogP contribution in [-0.4, -0.2) is 46.7 Å². The highest BCUT2D eigenvalue weighted by molar-refractivity contribution is 7.90. The van der Waals surface area contributed by atoms with Gasteiger partial charge in [-0.1, -0.05) is 12.1 Å². The number of hydrogen-bond donors (Lipinski definition) is 1. The quantitative estimate of drug-likeness (QED) is 0.896. The number of aliphatic imine (C=N–C) groups is 1. The molecule has 0 radical (unpaired) electrons. The average Bonchev–Trinajstić information content (AvgIpc) is 3.06. The van der Waals surface area contributed by atoms with E-state index in [0.717, 1.165) is 31.5 Å². The van der Waals surface area contributed by atoms with E-state index in [1.54, 1.807) is 23.5 Å². The molecule has 3 heterocycles. The number of rotatable bonds is 3. The molecular weight excluding hydrogens is 354 g/mol. The summed E-state index contributed by atoms with van der Waals surface area (Å²) >= 11 is 1.70. The molecule has 5 nitrogen and oxygen atoms in total. The Labute approximate surface area is 152 Å². The predicted octanol–water partition coefficient (Wildman–Crippen LogP) is 2.77. The first-order chi connectivity index (χ1) is 12.0. The molecule has 2 aromatic rings. The average molecular weight is 376 g/mol. The van der Waals surface area contributed by atoms with Crippen molar-refractivity contribution in [1.29, 1.82) is 0 Å². The van der Waals surface area contributed by atoms with Crippen LogP contribution in [0.15, 0.2) is 39.5 Å². The molecule has 7 heteroatoms. The summed E-state index contributed by atoms with van der Waals surface area (Å²) in [5.41, 5.74) is 3.47. The summed E-state index contributed by atoms with van der Waals surface area (Å²) in [6, 6.07) is 7.71. The van der Waals surface area contributed by atoms with Gasteiger partial charge in [-0.3, -0.25) is 4.99 Å². The maximum Gasteiger partial charge on any atom is 0.175 e. The molecular formula is C18H21N3O2S2. The summed E-state index contributed by atoms with van der Waals surface area (Å²) in [4.78, 5) is 8.51. The van der Waals surface area contributed by atoms with Gasteiger partial charge in [-0.25, -0.2) is 8.42 Å². The van der Waals surface area contributed by atoms with Gasteiger partial charge in [0.05, 0.1) is 15.5 Å². The first-order valence-corrected chi connectivity index (χ1v) is 11.2. The van der Waals surface area contributed by atoms with Crippen LogP contribution in [-0.2, 0) is 9.84 Å². The topological polar surface area (TPSA) is 61.8 Å². The number of benzene rings is 1. The third-order valence-electron chi connectivity index (χ3n) is 4.86. The van der Waals surface area contributed by atoms with Crippen LogP contribution in [0, 0.1) is 0 Å². The van der Waals surface area contributed by atoms with Gasteiger partial charge in [0.25, 0.3) is 0 Å². The molecule has 0 unspecified atom stereocenters. The highest BCUT2D eigenvalue weighted by Crippen LogP contribution is 2.41. The van der Waals surface area contributed by atoms with Crippen LogP contribution in [0.1, 0.15) is 17.7 Å². The van der Waals surface area contributed by atoms with E-state index in [1.165, 1.54) is 22.4 Å². The number of anilines is 1. The normalized spacial score (nSPS) is 18.4. The van der Waals surface area contributed by atoms with E-state index in [4.69, 9.17) is 0 Å². The predicted molar refractivity (Wildman–Crippen MR) is 104 cm³/mol. The van der Waals surface area contributed by atoms with Gasteiger partial charge >= 0.3 is 0 Å². The van der Waals surface area contributed by atoms with Gasteiger partial charge in [0.1, 0.15) is 6.67 Å². The molecule has 1 aromatic carbocycles. The molecule has 1 saturated heterocycles. The van der Waals surface area contributed by atoms with E-state index in [0.29, 0.717) is 17.6 Å². The van der Waals surface area contributed by atoms with E-state index in [-0.39, 0.29) is 0 Å². The summed E-state index contributed by atoms with van der Waals surface area (Å²) in [5.74, 6) is 0. The Morgan fingerprint density at radius 2 is 1.92 bits per heavy atom. The largest absolute Gasteiger partial charge is 0.347 e. The Bertz CT molecular complexity index is 895. The van der Waals surface area contributed by atoms with Gasteiger partial charge < -0.3 is 10.2 Å². The maximum absolute atomic E-state index is 11.7. The number of nitrogens with one attached hydrogen (secondary N) is 1. The minimum atomic E-state index is -3.17. The van der Waals surface area contributed by atoms with Gasteiger partial charge in [0.2, 0.25) is 0 Å². The smallest absolute Gasteiger partial charge is 0.175 e. The molecule has 1 N–H and O–H groups in total. The Morgan fingerprint density at radius 1 is 1.20 bits per heavy atom. The summed E-state index contributed by atoms with van der Waals surface area (Å²) in [5, 5.41) is 5.58. The molecule has 0 atom stereocenters. The van der Waals surface area contributed by atoms with E-state index in [1.807, 2.05) is 18.3 Å². The number of fused-ring (bicyclic) bond motifs is 1. The second kappa shape index (κ2) is 6.55. The van der Waals surface area contributed by atoms with Crippen molar-refractivity contribution in [1.82, 2.24) is 5.32 Å². The van der Waals surface area contributed by atoms with E-state index in [2.05, 4.69) is 20.6 Å². The van der Waals surface area contributed by atoms with Crippen LogP contribution >= 0.6 is 11.3 Å². The Balaban J connectivity index is 1.72. The fourth-order valence-electron chi connectivity index (χ4n) is 3.54. The van der Waals surface area contributed by atoms with Crippen molar-refractivity contribution in [3.63, 3.8) is 0 Å². The molecule has 0 spiro atoms. The monoisotopic (exact) mass is 375 g/mol. The molecule has 4 rings (SSSR count). The van der Waals surface area contributed by atoms with Gasteiger partial charge in [0.15, 0.2) is 9.84 Å². The molecule has 0 bridgehead atoms. The molecule has 0 amide bonds. The van der Waals surface area contributed by atoms with Crippen LogP contribution in [0.3, 0.4) is 0 Å². The van der Waals surface area contributed by atoms with Gasteiger partial charge in [-0.2, -0.15) is 0 Å². The number of hydrogen-bond acceptors (Lipinski definition) is 6. The van der Waals surface area contributed by atoms with Crippen molar-refractivity contribution in [3.8, 4) is 11.1 Å². The molecule has 2 aliphatic rings. The van der Waals surface area contributed by atoms with Crippen molar-refractivity contribution < 1.29 is 8.42 Å². The molecule has 0 aliphatic carbocycles. The summed E-state index contributed by atoms with van der Waals surface area (Å²) in [6.45, 7) is 2.79. The lowest BCUT2D eigenvalue weighted by molar-refractivity contribution is 0.431. The lowest BCUT2D eigenvalue weighted by Crippen LogP contribution is -2.44. The molecule has 1 fully saturated rings. The standard InChI is InChI=1S/C18H21N3O2S2/c1-25(22,23)15-4-2-13(3-5-15)16-11-24-17-10-20-12-21(18(16)17)14-6-8-19-9-7-14/h2-5,10-11,14,19H,6-9,12H2,1H3. The first-order valence-electron chi connectivity index (χ1n) is 8.43. The zero-order valence-corrected chi connectivity index (χ0v) is 15.7. The summed E-state index contributed by atoms with van der Waals surface area (Å²) in [7, 11) is -3.17. The van der Waals surface area contributed by atoms with E-state index < -0.39 is 9.84 Å². The van der Waals surface area contributed by atoms with Gasteiger partial charge in [-0.15, -0.1) is 11.3 Å². The summed E-state index contributed by atoms with van der Waals surface area (Å²) < 4.78 is 23.4. The molecule has 0 saturated carbocycles. The highest BCUT2D eigenvalue weighted by Gasteiger charge is 2.28. The third kappa shape index (κ3) is 3.23. The van der Waals surface area contributed by atoms with Gasteiger partial charge in [-0.05, 0) is 43.6 Å². The first kappa shape index (κ1) is 16.8. The maximum atomic E-state index is 11.7. The SMILES string of the molecule is CS(=O)(=O)c1ccc(-c2csc3c2N(C2CCNCC2)CN=C3)cc1. The second-order valence-corrected chi connectivity index (χ2v) is 9.49. The van der Waals surface area contributed by atoms with Crippen LogP contribution in [0.5, 0.6) is 0 Å². The zero-order valence-electron chi connectivity index (χ0n) is 14.1. The fraction of sp³-hybridized carbons (Fsp3) is 0.389. The zero-order chi connectivity index (χ0) is 17.4. The molecule has 25 heavy (non-hydrogen) atoms. The number of nitrogens with zero attached hydrogens (tertiary/aromatic N) is 2. The molecule has 132 valence electrons. The van der Waals surface area contributed by atoms with Crippen molar-refractivity contribution in [2.24, 2.45) is 4.99 Å². The lowest BCUT2D eigenvalue weighted by Gasteiger charge is -2.37. The number of piperidine rings is 1. The molecule has 1 aromatic heterocycles. The van der Waals surface area contributed by atoms with Gasteiger partial charge in [0, 0.05) is 29.5 Å². The van der Waals surface area contributed by atoms with E-state index in [9.17, 15) is 8.42 Å². The van der Waals surface area contributed by atoms with Crippen LogP contribution in [0.25, 0.3) is 11.1 Å². The Kier molecular flexibility index (Phi) is 4.39. The van der Waals surface area contributed by atoms with Crippen LogP contribution in [0.2, 0.25) is 0 Å². The minimum absolute atomic E-state index is 0.358.